The highest BCUT2D eigenvalue weighted by Gasteiger charge is 2.48. The van der Waals surface area contributed by atoms with E-state index < -0.39 is 29.3 Å². The minimum Gasteiger partial charge on any atom is -0.507 e. The molecule has 0 aliphatic carbocycles. The third-order valence-corrected chi connectivity index (χ3v) is 5.63. The number of ketones is 1. The predicted molar refractivity (Wildman–Crippen MR) is 108 cm³/mol. The molecule has 10 heteroatoms. The largest absolute Gasteiger partial charge is 0.507 e. The van der Waals surface area contributed by atoms with Crippen molar-refractivity contribution >= 4 is 57.1 Å². The maximum absolute atomic E-state index is 13.3. The molecule has 1 N–H and O–H groups in total. The van der Waals surface area contributed by atoms with E-state index in [4.69, 9.17) is 23.2 Å². The number of aromatic nitrogens is 2. The fraction of sp³-hybridized carbons (Fsp3) is 0.0526. The molecule has 1 unspecified atom stereocenters. The summed E-state index contributed by atoms with van der Waals surface area (Å²) in [6.45, 7) is 0. The number of Topliss-reactive ketones (excluding diaryl/α,β-unsaturated/α-hetero) is 1. The second kappa shape index (κ2) is 7.55. The van der Waals surface area contributed by atoms with Crippen LogP contribution in [0.5, 0.6) is 0 Å². The van der Waals surface area contributed by atoms with Crippen molar-refractivity contribution < 1.29 is 19.1 Å². The first-order chi connectivity index (χ1) is 13.9. The molecule has 1 aliphatic rings. The molecule has 1 aromatic heterocycles. The van der Waals surface area contributed by atoms with Crippen molar-refractivity contribution in [1.29, 1.82) is 0 Å². The van der Waals surface area contributed by atoms with Gasteiger partial charge in [0.2, 0.25) is 5.13 Å². The van der Waals surface area contributed by atoms with E-state index in [1.807, 2.05) is 0 Å². The average molecular weight is 450 g/mol. The Morgan fingerprint density at radius 3 is 2.48 bits per heavy atom. The normalized spacial score (nSPS) is 18.4. The summed E-state index contributed by atoms with van der Waals surface area (Å²) in [6.07, 6.45) is 0. The maximum atomic E-state index is 13.3. The molecule has 6 nitrogen and oxygen atoms in total. The number of hydrogen-bond acceptors (Lipinski definition) is 6. The fourth-order valence-electron chi connectivity index (χ4n) is 3.08. The molecular weight excluding hydrogens is 440 g/mol. The SMILES string of the molecule is O=C1C(=O)N(c2nncs2)C(c2ccc(Cl)cc2Cl)/C1=C(/O)c1ccc(F)cc1. The molecule has 29 heavy (non-hydrogen) atoms. The van der Waals surface area contributed by atoms with Crippen molar-refractivity contribution in [3.05, 3.63) is 80.5 Å². The quantitative estimate of drug-likeness (QED) is 0.358. The van der Waals surface area contributed by atoms with Gasteiger partial charge < -0.3 is 5.11 Å². The Bertz CT molecular complexity index is 1150. The van der Waals surface area contributed by atoms with E-state index in [0.717, 1.165) is 28.4 Å². The number of carbonyl (C=O) groups excluding carboxylic acids is 2. The standard InChI is InChI=1S/C19H10Cl2FN3O3S/c20-10-3-6-12(13(21)7-10)15-14(16(26)9-1-4-11(22)5-2-9)17(27)18(28)25(15)19-24-23-8-29-19/h1-8,15,26H/b16-14-. The van der Waals surface area contributed by atoms with Crippen LogP contribution in [0.3, 0.4) is 0 Å². The van der Waals surface area contributed by atoms with Gasteiger partial charge in [0.15, 0.2) is 0 Å². The molecule has 0 radical (unpaired) electrons. The van der Waals surface area contributed by atoms with Gasteiger partial charge in [0, 0.05) is 15.6 Å². The van der Waals surface area contributed by atoms with Crippen LogP contribution >= 0.6 is 34.5 Å². The molecule has 0 saturated carbocycles. The van der Waals surface area contributed by atoms with E-state index >= 15 is 0 Å². The maximum Gasteiger partial charge on any atom is 0.301 e. The number of rotatable bonds is 3. The van der Waals surface area contributed by atoms with Crippen LogP contribution in [0.25, 0.3) is 5.76 Å². The first-order valence-electron chi connectivity index (χ1n) is 8.16. The lowest BCUT2D eigenvalue weighted by Crippen LogP contribution is -2.29. The van der Waals surface area contributed by atoms with Gasteiger partial charge in [0.05, 0.1) is 11.6 Å². The van der Waals surface area contributed by atoms with Crippen LogP contribution in [0.1, 0.15) is 17.2 Å². The van der Waals surface area contributed by atoms with Crippen molar-refractivity contribution in [2.24, 2.45) is 0 Å². The molecule has 0 bridgehead atoms. The van der Waals surface area contributed by atoms with Gasteiger partial charge in [-0.2, -0.15) is 0 Å². The highest BCUT2D eigenvalue weighted by Crippen LogP contribution is 2.44. The lowest BCUT2D eigenvalue weighted by molar-refractivity contribution is -0.132. The molecular formula is C19H10Cl2FN3O3S. The number of anilines is 1. The number of aliphatic hydroxyl groups is 1. The van der Waals surface area contributed by atoms with E-state index in [-0.39, 0.29) is 21.3 Å². The molecule has 1 fully saturated rings. The highest BCUT2D eigenvalue weighted by molar-refractivity contribution is 7.13. The minimum absolute atomic E-state index is 0.168. The molecule has 3 aromatic rings. The van der Waals surface area contributed by atoms with Crippen LogP contribution in [0.2, 0.25) is 10.0 Å². The molecule has 0 spiro atoms. The smallest absolute Gasteiger partial charge is 0.301 e. The first-order valence-corrected chi connectivity index (χ1v) is 9.80. The summed E-state index contributed by atoms with van der Waals surface area (Å²) < 4.78 is 13.3. The molecule has 2 heterocycles. The van der Waals surface area contributed by atoms with E-state index in [2.05, 4.69) is 10.2 Å². The average Bonchev–Trinajstić information content (AvgIpc) is 3.29. The summed E-state index contributed by atoms with van der Waals surface area (Å²) in [5.74, 6) is -2.76. The molecule has 1 atom stereocenters. The van der Waals surface area contributed by atoms with Gasteiger partial charge in [0.1, 0.15) is 17.1 Å². The Hall–Kier alpha value is -2.81. The van der Waals surface area contributed by atoms with Gasteiger partial charge in [-0.15, -0.1) is 10.2 Å². The summed E-state index contributed by atoms with van der Waals surface area (Å²) >= 11 is 13.4. The molecule has 1 saturated heterocycles. The third kappa shape index (κ3) is 3.39. The minimum atomic E-state index is -1.06. The van der Waals surface area contributed by atoms with Crippen LogP contribution in [-0.2, 0) is 9.59 Å². The second-order valence-electron chi connectivity index (χ2n) is 6.06. The van der Waals surface area contributed by atoms with Crippen molar-refractivity contribution in [1.82, 2.24) is 10.2 Å². The zero-order valence-corrected chi connectivity index (χ0v) is 16.7. The van der Waals surface area contributed by atoms with Crippen LogP contribution < -0.4 is 4.90 Å². The van der Waals surface area contributed by atoms with Gasteiger partial charge in [-0.25, -0.2) is 4.39 Å². The number of nitrogens with zero attached hydrogens (tertiary/aromatic N) is 3. The number of aliphatic hydroxyl groups excluding tert-OH is 1. The van der Waals surface area contributed by atoms with Gasteiger partial charge in [-0.1, -0.05) is 40.6 Å². The Balaban J connectivity index is 1.97. The van der Waals surface area contributed by atoms with Gasteiger partial charge in [-0.05, 0) is 42.0 Å². The number of carbonyl (C=O) groups is 2. The zero-order chi connectivity index (χ0) is 20.7. The number of benzene rings is 2. The monoisotopic (exact) mass is 449 g/mol. The van der Waals surface area contributed by atoms with E-state index in [9.17, 15) is 19.1 Å². The van der Waals surface area contributed by atoms with Crippen molar-refractivity contribution in [2.75, 3.05) is 4.90 Å². The summed E-state index contributed by atoms with van der Waals surface area (Å²) in [7, 11) is 0. The van der Waals surface area contributed by atoms with Crippen LogP contribution in [-0.4, -0.2) is 27.0 Å². The summed E-state index contributed by atoms with van der Waals surface area (Å²) in [5.41, 5.74) is 1.77. The van der Waals surface area contributed by atoms with Gasteiger partial charge in [-0.3, -0.25) is 14.5 Å². The Morgan fingerprint density at radius 2 is 1.86 bits per heavy atom. The Kier molecular flexibility index (Phi) is 5.08. The second-order valence-corrected chi connectivity index (χ2v) is 7.72. The zero-order valence-electron chi connectivity index (χ0n) is 14.3. The first kappa shape index (κ1) is 19.5. The van der Waals surface area contributed by atoms with Gasteiger partial charge in [0.25, 0.3) is 5.78 Å². The topological polar surface area (TPSA) is 83.4 Å². The summed E-state index contributed by atoms with van der Waals surface area (Å²) in [4.78, 5) is 26.8. The summed E-state index contributed by atoms with van der Waals surface area (Å²) in [6, 6.07) is 8.43. The van der Waals surface area contributed by atoms with E-state index in [1.165, 1.54) is 23.7 Å². The van der Waals surface area contributed by atoms with Crippen molar-refractivity contribution in [3.8, 4) is 0 Å². The Morgan fingerprint density at radius 1 is 1.14 bits per heavy atom. The highest BCUT2D eigenvalue weighted by atomic mass is 35.5. The lowest BCUT2D eigenvalue weighted by Gasteiger charge is -2.23. The van der Waals surface area contributed by atoms with Crippen molar-refractivity contribution in [2.45, 2.75) is 6.04 Å². The van der Waals surface area contributed by atoms with Crippen molar-refractivity contribution in [3.63, 3.8) is 0 Å². The molecule has 1 aliphatic heterocycles. The number of halogens is 3. The third-order valence-electron chi connectivity index (χ3n) is 4.37. The van der Waals surface area contributed by atoms with Crippen LogP contribution in [0, 0.1) is 5.82 Å². The molecule has 1 amide bonds. The molecule has 2 aromatic carbocycles. The van der Waals surface area contributed by atoms with Crippen LogP contribution in [0.15, 0.2) is 53.5 Å². The predicted octanol–water partition coefficient (Wildman–Crippen LogP) is 4.61. The Labute approximate surface area is 177 Å². The summed E-state index contributed by atoms with van der Waals surface area (Å²) in [5, 5.41) is 19.2. The fourth-order valence-corrected chi connectivity index (χ4v) is 4.18. The number of amides is 1. The van der Waals surface area contributed by atoms with E-state index in [0.29, 0.717) is 10.6 Å². The molecule has 4 rings (SSSR count). The van der Waals surface area contributed by atoms with E-state index in [1.54, 1.807) is 12.1 Å². The molecule has 146 valence electrons. The van der Waals surface area contributed by atoms with Crippen LogP contribution in [0.4, 0.5) is 9.52 Å². The number of hydrogen-bond donors (Lipinski definition) is 1. The lowest BCUT2D eigenvalue weighted by atomic mass is 9.95. The van der Waals surface area contributed by atoms with Gasteiger partial charge >= 0.3 is 5.91 Å².